The van der Waals surface area contributed by atoms with Gasteiger partial charge in [0.1, 0.15) is 12.4 Å². The maximum absolute atomic E-state index is 5.35. The van der Waals surface area contributed by atoms with Gasteiger partial charge in [-0.3, -0.25) is 0 Å². The summed E-state index contributed by atoms with van der Waals surface area (Å²) >= 11 is 0. The van der Waals surface area contributed by atoms with Gasteiger partial charge in [0, 0.05) is 12.8 Å². The Balaban J connectivity index is 2.10. The molecule has 1 aromatic rings. The van der Waals surface area contributed by atoms with Crippen molar-refractivity contribution in [3.63, 3.8) is 0 Å². The molecule has 0 aromatic carbocycles. The molecule has 0 saturated carbocycles. The number of hydrogen-bond donors (Lipinski definition) is 0. The van der Waals surface area contributed by atoms with Crippen molar-refractivity contribution in [3.8, 4) is 0 Å². The van der Waals surface area contributed by atoms with Crippen molar-refractivity contribution >= 4 is 0 Å². The molecule has 0 spiro atoms. The molecule has 0 fully saturated rings. The molecule has 4 nitrogen and oxygen atoms in total. The first-order chi connectivity index (χ1) is 9.36. The molecule has 0 aliphatic rings. The predicted octanol–water partition coefficient (Wildman–Crippen LogP) is 1.96. The van der Waals surface area contributed by atoms with E-state index < -0.39 is 0 Å². The first-order valence-corrected chi connectivity index (χ1v) is 6.79. The van der Waals surface area contributed by atoms with Crippen LogP contribution in [0.1, 0.15) is 12.8 Å². The first kappa shape index (κ1) is 15.7. The average Bonchev–Trinajstić information content (AvgIpc) is 2.86. The van der Waals surface area contributed by atoms with E-state index in [0.29, 0.717) is 13.2 Å². The van der Waals surface area contributed by atoms with Gasteiger partial charge in [0.15, 0.2) is 0 Å². The number of aryl methyl sites for hydroxylation is 2. The summed E-state index contributed by atoms with van der Waals surface area (Å²) in [7, 11) is 0. The fourth-order valence-corrected chi connectivity index (χ4v) is 1.73. The zero-order valence-electron chi connectivity index (χ0n) is 11.7. The number of imidazole rings is 1. The Labute approximate surface area is 116 Å². The smallest absolute Gasteiger partial charge is 0.243 e. The summed E-state index contributed by atoms with van der Waals surface area (Å²) in [5, 5.41) is 0. The third-order valence-electron chi connectivity index (χ3n) is 2.63. The molecule has 0 aliphatic heterocycles. The van der Waals surface area contributed by atoms with Crippen molar-refractivity contribution in [1.29, 1.82) is 0 Å². The molecule has 1 rings (SSSR count). The molecule has 0 aliphatic carbocycles. The van der Waals surface area contributed by atoms with Crippen LogP contribution in [0.2, 0.25) is 0 Å². The lowest BCUT2D eigenvalue weighted by Gasteiger charge is -1.99. The van der Waals surface area contributed by atoms with Crippen molar-refractivity contribution in [2.24, 2.45) is 0 Å². The lowest BCUT2D eigenvalue weighted by molar-refractivity contribution is -0.697. The van der Waals surface area contributed by atoms with E-state index in [4.69, 9.17) is 9.47 Å². The summed E-state index contributed by atoms with van der Waals surface area (Å²) in [5.74, 6) is 0. The minimum absolute atomic E-state index is 0.635. The number of ether oxygens (including phenoxy) is 2. The molecule has 19 heavy (non-hydrogen) atoms. The van der Waals surface area contributed by atoms with Crippen LogP contribution in [0, 0.1) is 0 Å². The standard InChI is InChI=1S/C15H25N2O2/c1-3-11-18-13-5-7-16-9-10-17(15-16)8-6-14-19-12-4-2/h3-4,9-10,15H,1-2,5-8,11-14H2/q+1. The molecule has 0 bridgehead atoms. The Bertz CT molecular complexity index is 328. The zero-order valence-corrected chi connectivity index (χ0v) is 11.7. The molecule has 0 unspecified atom stereocenters. The summed E-state index contributed by atoms with van der Waals surface area (Å²) < 4.78 is 15.1. The molecule has 106 valence electrons. The van der Waals surface area contributed by atoms with Crippen LogP contribution in [0.3, 0.4) is 0 Å². The number of nitrogens with zero attached hydrogens (tertiary/aromatic N) is 2. The minimum atomic E-state index is 0.635. The second kappa shape index (κ2) is 10.5. The summed E-state index contributed by atoms with van der Waals surface area (Å²) in [6.07, 6.45) is 11.9. The van der Waals surface area contributed by atoms with Crippen molar-refractivity contribution < 1.29 is 14.0 Å². The third kappa shape index (κ3) is 7.59. The monoisotopic (exact) mass is 265 g/mol. The van der Waals surface area contributed by atoms with Crippen molar-refractivity contribution in [1.82, 2.24) is 4.57 Å². The van der Waals surface area contributed by atoms with E-state index in [9.17, 15) is 0 Å². The van der Waals surface area contributed by atoms with Gasteiger partial charge >= 0.3 is 0 Å². The number of rotatable bonds is 12. The molecular weight excluding hydrogens is 240 g/mol. The lowest BCUT2D eigenvalue weighted by atomic mass is 10.4. The van der Waals surface area contributed by atoms with Gasteiger partial charge in [0.2, 0.25) is 6.33 Å². The Kier molecular flexibility index (Phi) is 8.68. The fourth-order valence-electron chi connectivity index (χ4n) is 1.73. The zero-order chi connectivity index (χ0) is 13.8. The Morgan fingerprint density at radius 2 is 1.74 bits per heavy atom. The van der Waals surface area contributed by atoms with Crippen LogP contribution in [0.25, 0.3) is 0 Å². The SMILES string of the molecule is C=CCOCCCn1cc[n+](CCCOCC=C)c1. The molecular formula is C15H25N2O2+. The normalized spacial score (nSPS) is 10.5. The average molecular weight is 265 g/mol. The van der Waals surface area contributed by atoms with E-state index in [-0.39, 0.29) is 0 Å². The van der Waals surface area contributed by atoms with Gasteiger partial charge in [-0.15, -0.1) is 13.2 Å². The second-order valence-electron chi connectivity index (χ2n) is 4.32. The Morgan fingerprint density at radius 1 is 1.05 bits per heavy atom. The van der Waals surface area contributed by atoms with Gasteiger partial charge in [-0.25, -0.2) is 9.13 Å². The number of aromatic nitrogens is 2. The second-order valence-corrected chi connectivity index (χ2v) is 4.32. The van der Waals surface area contributed by atoms with E-state index in [2.05, 4.69) is 41.0 Å². The highest BCUT2D eigenvalue weighted by Gasteiger charge is 2.03. The van der Waals surface area contributed by atoms with Gasteiger partial charge in [-0.05, 0) is 0 Å². The van der Waals surface area contributed by atoms with Crippen LogP contribution in [-0.2, 0) is 22.6 Å². The van der Waals surface area contributed by atoms with Crippen LogP contribution >= 0.6 is 0 Å². The molecule has 1 aromatic heterocycles. The van der Waals surface area contributed by atoms with Crippen molar-refractivity contribution in [3.05, 3.63) is 44.0 Å². The number of hydrogen-bond acceptors (Lipinski definition) is 2. The molecule has 0 N–H and O–H groups in total. The van der Waals surface area contributed by atoms with Crippen LogP contribution in [0.5, 0.6) is 0 Å². The Hall–Kier alpha value is -1.39. The van der Waals surface area contributed by atoms with Gasteiger partial charge in [-0.2, -0.15) is 0 Å². The van der Waals surface area contributed by atoms with Crippen LogP contribution in [0.15, 0.2) is 44.0 Å². The van der Waals surface area contributed by atoms with E-state index in [1.54, 1.807) is 12.2 Å². The predicted molar refractivity (Wildman–Crippen MR) is 75.9 cm³/mol. The third-order valence-corrected chi connectivity index (χ3v) is 2.63. The summed E-state index contributed by atoms with van der Waals surface area (Å²) in [4.78, 5) is 0. The molecule has 0 radical (unpaired) electrons. The molecule has 0 saturated heterocycles. The topological polar surface area (TPSA) is 27.3 Å². The van der Waals surface area contributed by atoms with E-state index in [0.717, 1.165) is 39.1 Å². The minimum Gasteiger partial charge on any atom is -0.377 e. The largest absolute Gasteiger partial charge is 0.377 e. The van der Waals surface area contributed by atoms with Crippen molar-refractivity contribution in [2.75, 3.05) is 26.4 Å². The summed E-state index contributed by atoms with van der Waals surface area (Å²) in [6, 6.07) is 0. The maximum Gasteiger partial charge on any atom is 0.243 e. The molecule has 4 heteroatoms. The molecule has 1 heterocycles. The van der Waals surface area contributed by atoms with Gasteiger partial charge in [0.05, 0.1) is 39.5 Å². The highest BCUT2D eigenvalue weighted by atomic mass is 16.5. The highest BCUT2D eigenvalue weighted by Crippen LogP contribution is 1.92. The quantitative estimate of drug-likeness (QED) is 0.328. The molecule has 0 atom stereocenters. The Morgan fingerprint density at radius 3 is 2.42 bits per heavy atom. The van der Waals surface area contributed by atoms with Crippen LogP contribution in [0.4, 0.5) is 0 Å². The summed E-state index contributed by atoms with van der Waals surface area (Å²) in [6.45, 7) is 12.0. The maximum atomic E-state index is 5.35. The first-order valence-electron chi connectivity index (χ1n) is 6.79. The summed E-state index contributed by atoms with van der Waals surface area (Å²) in [5.41, 5.74) is 0. The van der Waals surface area contributed by atoms with E-state index >= 15 is 0 Å². The van der Waals surface area contributed by atoms with Gasteiger partial charge in [-0.1, -0.05) is 12.2 Å². The van der Waals surface area contributed by atoms with E-state index in [1.165, 1.54) is 0 Å². The van der Waals surface area contributed by atoms with Crippen LogP contribution < -0.4 is 4.57 Å². The van der Waals surface area contributed by atoms with Crippen LogP contribution in [-0.4, -0.2) is 31.0 Å². The molecule has 0 amide bonds. The van der Waals surface area contributed by atoms with Gasteiger partial charge < -0.3 is 9.47 Å². The van der Waals surface area contributed by atoms with E-state index in [1.807, 2.05) is 0 Å². The fraction of sp³-hybridized carbons (Fsp3) is 0.533. The van der Waals surface area contributed by atoms with Crippen molar-refractivity contribution in [2.45, 2.75) is 25.9 Å². The highest BCUT2D eigenvalue weighted by molar-refractivity contribution is 4.67. The lowest BCUT2D eigenvalue weighted by Crippen LogP contribution is -2.31. The van der Waals surface area contributed by atoms with Gasteiger partial charge in [0.25, 0.3) is 0 Å².